The topological polar surface area (TPSA) is 66.5 Å². The van der Waals surface area contributed by atoms with E-state index in [1.807, 2.05) is 60.8 Å². The highest BCUT2D eigenvalue weighted by Crippen LogP contribution is 2.26. The number of anilines is 2. The van der Waals surface area contributed by atoms with E-state index >= 15 is 0 Å². The zero-order valence-electron chi connectivity index (χ0n) is 14.8. The van der Waals surface area contributed by atoms with E-state index < -0.39 is 0 Å². The molecule has 0 aliphatic carbocycles. The molecule has 132 valence electrons. The fraction of sp³-hybridized carbons (Fsp3) is 0. The summed E-state index contributed by atoms with van der Waals surface area (Å²) in [6, 6.07) is 19.8. The van der Waals surface area contributed by atoms with Gasteiger partial charge in [0.1, 0.15) is 17.8 Å². The Hall–Kier alpha value is -4.17. The molecule has 2 aromatic carbocycles. The summed E-state index contributed by atoms with van der Waals surface area (Å²) in [5.74, 6) is 7.00. The number of nitrogens with zero attached hydrogens (tertiary/aromatic N) is 3. The molecule has 0 fully saturated rings. The number of aromatic amines is 1. The third-order valence-corrected chi connectivity index (χ3v) is 4.45. The van der Waals surface area contributed by atoms with E-state index in [1.54, 1.807) is 12.5 Å². The maximum absolute atomic E-state index is 4.44. The van der Waals surface area contributed by atoms with E-state index in [2.05, 4.69) is 43.2 Å². The average molecular weight is 361 g/mol. The molecule has 0 bridgehead atoms. The lowest BCUT2D eigenvalue weighted by molar-refractivity contribution is 1.22. The first-order valence-corrected chi connectivity index (χ1v) is 8.87. The molecule has 0 spiro atoms. The van der Waals surface area contributed by atoms with Crippen LogP contribution in [-0.4, -0.2) is 19.9 Å². The summed E-state index contributed by atoms with van der Waals surface area (Å²) >= 11 is 0. The normalized spacial score (nSPS) is 10.6. The van der Waals surface area contributed by atoms with Crippen LogP contribution < -0.4 is 5.32 Å². The minimum atomic E-state index is 0.741. The van der Waals surface area contributed by atoms with Crippen molar-refractivity contribution in [2.75, 3.05) is 5.32 Å². The molecule has 0 amide bonds. The summed E-state index contributed by atoms with van der Waals surface area (Å²) in [5.41, 5.74) is 4.56. The van der Waals surface area contributed by atoms with Gasteiger partial charge in [0.05, 0.1) is 5.52 Å². The number of fused-ring (bicyclic) bond motifs is 2. The summed E-state index contributed by atoms with van der Waals surface area (Å²) in [4.78, 5) is 16.2. The molecule has 0 atom stereocenters. The smallest absolute Gasteiger partial charge is 0.141 e. The van der Waals surface area contributed by atoms with Crippen LogP contribution in [0, 0.1) is 11.8 Å². The second-order valence-electron chi connectivity index (χ2n) is 6.32. The quantitative estimate of drug-likeness (QED) is 0.449. The number of nitrogens with one attached hydrogen (secondary N) is 2. The highest BCUT2D eigenvalue weighted by Gasteiger charge is 2.06. The number of H-pyrrole nitrogens is 1. The number of benzene rings is 2. The van der Waals surface area contributed by atoms with Crippen molar-refractivity contribution in [2.24, 2.45) is 0 Å². The Morgan fingerprint density at radius 3 is 2.79 bits per heavy atom. The Morgan fingerprint density at radius 1 is 0.857 bits per heavy atom. The third kappa shape index (κ3) is 3.15. The van der Waals surface area contributed by atoms with Gasteiger partial charge >= 0.3 is 0 Å². The second-order valence-corrected chi connectivity index (χ2v) is 6.32. The average Bonchev–Trinajstić information content (AvgIpc) is 3.21. The van der Waals surface area contributed by atoms with Gasteiger partial charge in [0, 0.05) is 39.9 Å². The lowest BCUT2D eigenvalue weighted by Gasteiger charge is -2.09. The second kappa shape index (κ2) is 6.86. The molecule has 5 heteroatoms. The summed E-state index contributed by atoms with van der Waals surface area (Å²) in [5, 5.41) is 5.47. The van der Waals surface area contributed by atoms with Crippen molar-refractivity contribution in [3.05, 3.63) is 90.6 Å². The van der Waals surface area contributed by atoms with Crippen LogP contribution >= 0.6 is 0 Å². The van der Waals surface area contributed by atoms with Gasteiger partial charge in [-0.3, -0.25) is 0 Å². The van der Waals surface area contributed by atoms with Crippen molar-refractivity contribution in [1.29, 1.82) is 0 Å². The third-order valence-electron chi connectivity index (χ3n) is 4.45. The number of hydrogen-bond donors (Lipinski definition) is 2. The molecule has 28 heavy (non-hydrogen) atoms. The molecule has 0 aliphatic rings. The van der Waals surface area contributed by atoms with E-state index in [9.17, 15) is 0 Å². The van der Waals surface area contributed by atoms with Crippen LogP contribution in [0.25, 0.3) is 21.8 Å². The van der Waals surface area contributed by atoms with Crippen molar-refractivity contribution in [3.8, 4) is 11.8 Å². The molecule has 2 N–H and O–H groups in total. The van der Waals surface area contributed by atoms with E-state index in [-0.39, 0.29) is 0 Å². The van der Waals surface area contributed by atoms with Crippen molar-refractivity contribution < 1.29 is 0 Å². The van der Waals surface area contributed by atoms with Gasteiger partial charge in [0.15, 0.2) is 0 Å². The van der Waals surface area contributed by atoms with Crippen LogP contribution in [0.1, 0.15) is 11.3 Å². The summed E-state index contributed by atoms with van der Waals surface area (Å²) in [6.45, 7) is 0. The molecular formula is C23H15N5. The van der Waals surface area contributed by atoms with E-state index in [0.29, 0.717) is 0 Å². The predicted octanol–water partition coefficient (Wildman–Crippen LogP) is 4.65. The van der Waals surface area contributed by atoms with Gasteiger partial charge in [-0.25, -0.2) is 15.0 Å². The van der Waals surface area contributed by atoms with Crippen LogP contribution in [0.3, 0.4) is 0 Å². The van der Waals surface area contributed by atoms with Gasteiger partial charge in [0.2, 0.25) is 0 Å². The minimum Gasteiger partial charge on any atom is -0.361 e. The Labute approximate surface area is 161 Å². The van der Waals surface area contributed by atoms with E-state index in [0.717, 1.165) is 44.6 Å². The standard InChI is InChI=1S/C23H15N5/c1-2-11-24-18(3-1)6-4-16-5-8-22-20(13-16)23(27-15-26-22)28-19-7-9-21-17(14-19)10-12-25-21/h1-3,5,7-15,25H,(H,26,27,28). The Kier molecular flexibility index (Phi) is 3.93. The molecule has 3 aromatic heterocycles. The highest BCUT2D eigenvalue weighted by atomic mass is 15.0. The maximum atomic E-state index is 4.44. The molecule has 3 heterocycles. The molecule has 5 rings (SSSR count). The van der Waals surface area contributed by atoms with Gasteiger partial charge in [-0.2, -0.15) is 0 Å². The predicted molar refractivity (Wildman–Crippen MR) is 111 cm³/mol. The Bertz CT molecular complexity index is 1340. The monoisotopic (exact) mass is 361 g/mol. The van der Waals surface area contributed by atoms with Gasteiger partial charge in [-0.1, -0.05) is 12.0 Å². The molecule has 0 aliphatic heterocycles. The zero-order chi connectivity index (χ0) is 18.8. The number of rotatable bonds is 2. The molecule has 0 unspecified atom stereocenters. The maximum Gasteiger partial charge on any atom is 0.141 e. The number of pyridine rings is 1. The fourth-order valence-corrected chi connectivity index (χ4v) is 3.07. The summed E-state index contributed by atoms with van der Waals surface area (Å²) in [6.07, 6.45) is 5.24. The summed E-state index contributed by atoms with van der Waals surface area (Å²) in [7, 11) is 0. The first kappa shape index (κ1) is 16.0. The van der Waals surface area contributed by atoms with Gasteiger partial charge in [-0.15, -0.1) is 0 Å². The van der Waals surface area contributed by atoms with Gasteiger partial charge in [-0.05, 0) is 60.5 Å². The molecule has 5 aromatic rings. The Morgan fingerprint density at radius 2 is 1.86 bits per heavy atom. The SMILES string of the molecule is C(#Cc1ccccn1)c1ccc2ncnc(Nc3ccc4[nH]ccc4c3)c2c1. The van der Waals surface area contributed by atoms with Crippen LogP contribution in [0.15, 0.2) is 79.4 Å². The van der Waals surface area contributed by atoms with Crippen LogP contribution in [0.5, 0.6) is 0 Å². The van der Waals surface area contributed by atoms with Crippen molar-refractivity contribution in [3.63, 3.8) is 0 Å². The van der Waals surface area contributed by atoms with Crippen LogP contribution in [0.2, 0.25) is 0 Å². The molecule has 0 saturated carbocycles. The summed E-state index contributed by atoms with van der Waals surface area (Å²) < 4.78 is 0. The molecule has 0 saturated heterocycles. The van der Waals surface area contributed by atoms with E-state index in [1.165, 1.54) is 0 Å². The molecule has 5 nitrogen and oxygen atoms in total. The highest BCUT2D eigenvalue weighted by molar-refractivity contribution is 5.92. The number of hydrogen-bond acceptors (Lipinski definition) is 4. The molecule has 0 radical (unpaired) electrons. The van der Waals surface area contributed by atoms with Crippen LogP contribution in [-0.2, 0) is 0 Å². The largest absolute Gasteiger partial charge is 0.361 e. The van der Waals surface area contributed by atoms with Crippen molar-refractivity contribution in [2.45, 2.75) is 0 Å². The lowest BCUT2D eigenvalue weighted by atomic mass is 10.1. The van der Waals surface area contributed by atoms with Gasteiger partial charge in [0.25, 0.3) is 0 Å². The Balaban J connectivity index is 1.52. The van der Waals surface area contributed by atoms with Crippen LogP contribution in [0.4, 0.5) is 11.5 Å². The lowest BCUT2D eigenvalue weighted by Crippen LogP contribution is -1.96. The van der Waals surface area contributed by atoms with Crippen molar-refractivity contribution in [1.82, 2.24) is 19.9 Å². The van der Waals surface area contributed by atoms with Gasteiger partial charge < -0.3 is 10.3 Å². The first-order valence-electron chi connectivity index (χ1n) is 8.87. The minimum absolute atomic E-state index is 0.741. The zero-order valence-corrected chi connectivity index (χ0v) is 14.8. The first-order chi connectivity index (χ1) is 13.8. The van der Waals surface area contributed by atoms with Crippen molar-refractivity contribution >= 4 is 33.3 Å². The molecular weight excluding hydrogens is 346 g/mol. The van der Waals surface area contributed by atoms with E-state index in [4.69, 9.17) is 0 Å². The number of aromatic nitrogens is 4. The fourth-order valence-electron chi connectivity index (χ4n) is 3.07.